The molecule has 5 heteroatoms. The van der Waals surface area contributed by atoms with Crippen molar-refractivity contribution in [2.24, 2.45) is 0 Å². The van der Waals surface area contributed by atoms with Crippen molar-refractivity contribution in [2.45, 2.75) is 32.2 Å². The van der Waals surface area contributed by atoms with E-state index in [2.05, 4.69) is 4.74 Å². The minimum absolute atomic E-state index is 0.248. The topological polar surface area (TPSA) is 29.5 Å². The van der Waals surface area contributed by atoms with Crippen molar-refractivity contribution in [1.29, 1.82) is 0 Å². The molecular formula is C11H13F3O2. The van der Waals surface area contributed by atoms with Crippen LogP contribution in [0.5, 0.6) is 5.75 Å². The summed E-state index contributed by atoms with van der Waals surface area (Å²) in [6.45, 7) is 1.84. The van der Waals surface area contributed by atoms with Crippen molar-refractivity contribution in [3.63, 3.8) is 0 Å². The molecule has 0 aliphatic rings. The van der Waals surface area contributed by atoms with Crippen LogP contribution in [0.1, 0.15) is 18.9 Å². The molecule has 0 heterocycles. The maximum Gasteiger partial charge on any atom is 0.573 e. The van der Waals surface area contributed by atoms with Crippen LogP contribution in [0, 0.1) is 0 Å². The summed E-state index contributed by atoms with van der Waals surface area (Å²) in [4.78, 5) is 0. The summed E-state index contributed by atoms with van der Waals surface area (Å²) in [5, 5.41) is 9.36. The zero-order valence-electron chi connectivity index (χ0n) is 8.79. The van der Waals surface area contributed by atoms with Crippen LogP contribution in [-0.2, 0) is 6.42 Å². The zero-order chi connectivity index (χ0) is 12.2. The van der Waals surface area contributed by atoms with Crippen molar-refractivity contribution in [3.05, 3.63) is 29.8 Å². The third-order valence-electron chi connectivity index (χ3n) is 2.10. The van der Waals surface area contributed by atoms with Crippen molar-refractivity contribution in [3.8, 4) is 5.75 Å². The number of aliphatic hydroxyl groups excluding tert-OH is 1. The molecule has 1 rings (SSSR count). The van der Waals surface area contributed by atoms with E-state index in [-0.39, 0.29) is 5.75 Å². The Morgan fingerprint density at radius 2 is 1.81 bits per heavy atom. The number of rotatable bonds is 4. The molecule has 0 aromatic heterocycles. The van der Waals surface area contributed by atoms with Gasteiger partial charge in [0.2, 0.25) is 0 Å². The number of ether oxygens (including phenoxy) is 1. The van der Waals surface area contributed by atoms with Crippen LogP contribution in [0.15, 0.2) is 24.3 Å². The first-order valence-corrected chi connectivity index (χ1v) is 4.93. The van der Waals surface area contributed by atoms with Gasteiger partial charge >= 0.3 is 6.36 Å². The third kappa shape index (κ3) is 4.53. The lowest BCUT2D eigenvalue weighted by Crippen LogP contribution is -2.17. The molecule has 0 amide bonds. The molecule has 90 valence electrons. The first kappa shape index (κ1) is 12.8. The second-order valence-corrected chi connectivity index (χ2v) is 3.46. The Kier molecular flexibility index (Phi) is 4.18. The van der Waals surface area contributed by atoms with E-state index in [1.54, 1.807) is 0 Å². The molecule has 1 unspecified atom stereocenters. The number of hydrogen-bond acceptors (Lipinski definition) is 2. The average Bonchev–Trinajstić information content (AvgIpc) is 2.18. The number of benzene rings is 1. The largest absolute Gasteiger partial charge is 0.573 e. The van der Waals surface area contributed by atoms with Gasteiger partial charge in [-0.25, -0.2) is 0 Å². The van der Waals surface area contributed by atoms with Gasteiger partial charge in [-0.1, -0.05) is 19.1 Å². The van der Waals surface area contributed by atoms with Crippen LogP contribution in [-0.4, -0.2) is 17.6 Å². The zero-order valence-corrected chi connectivity index (χ0v) is 8.79. The lowest BCUT2D eigenvalue weighted by atomic mass is 10.1. The van der Waals surface area contributed by atoms with Crippen LogP contribution < -0.4 is 4.74 Å². The predicted molar refractivity (Wildman–Crippen MR) is 53.1 cm³/mol. The summed E-state index contributed by atoms with van der Waals surface area (Å²) in [6, 6.07) is 5.51. The standard InChI is InChI=1S/C11H13F3O2/c1-2-9(15)7-8-3-5-10(6-4-8)16-11(12,13)14/h3-6,9,15H,2,7H2,1H3. The molecule has 0 radical (unpaired) electrons. The molecule has 0 bridgehead atoms. The maximum atomic E-state index is 11.8. The van der Waals surface area contributed by atoms with Gasteiger partial charge in [0.05, 0.1) is 6.10 Å². The Hall–Kier alpha value is -1.23. The summed E-state index contributed by atoms with van der Waals surface area (Å²) in [6.07, 6.45) is -4.08. The molecule has 1 aromatic rings. The van der Waals surface area contributed by atoms with E-state index in [1.807, 2.05) is 6.92 Å². The molecule has 0 aliphatic carbocycles. The maximum absolute atomic E-state index is 11.8. The van der Waals surface area contributed by atoms with Gasteiger partial charge in [0, 0.05) is 0 Å². The Bertz CT molecular complexity index is 319. The number of aliphatic hydroxyl groups is 1. The van der Waals surface area contributed by atoms with Gasteiger partial charge in [0.1, 0.15) is 5.75 Å². The first-order chi connectivity index (χ1) is 7.40. The normalized spacial score (nSPS) is 13.6. The van der Waals surface area contributed by atoms with Gasteiger partial charge in [0.25, 0.3) is 0 Å². The van der Waals surface area contributed by atoms with Crippen molar-refractivity contribution in [2.75, 3.05) is 0 Å². The molecule has 0 aliphatic heterocycles. The van der Waals surface area contributed by atoms with Crippen molar-refractivity contribution in [1.82, 2.24) is 0 Å². The van der Waals surface area contributed by atoms with E-state index in [0.717, 1.165) is 5.56 Å². The fourth-order valence-electron chi connectivity index (χ4n) is 1.24. The fourth-order valence-corrected chi connectivity index (χ4v) is 1.24. The molecule has 0 fully saturated rings. The monoisotopic (exact) mass is 234 g/mol. The smallest absolute Gasteiger partial charge is 0.406 e. The van der Waals surface area contributed by atoms with Gasteiger partial charge in [-0.3, -0.25) is 0 Å². The van der Waals surface area contributed by atoms with E-state index in [0.29, 0.717) is 12.8 Å². The second-order valence-electron chi connectivity index (χ2n) is 3.46. The van der Waals surface area contributed by atoms with Gasteiger partial charge in [0.15, 0.2) is 0 Å². The molecule has 1 atom stereocenters. The molecular weight excluding hydrogens is 221 g/mol. The first-order valence-electron chi connectivity index (χ1n) is 4.93. The number of halogens is 3. The lowest BCUT2D eigenvalue weighted by Gasteiger charge is -2.10. The van der Waals surface area contributed by atoms with Crippen LogP contribution in [0.3, 0.4) is 0 Å². The lowest BCUT2D eigenvalue weighted by molar-refractivity contribution is -0.274. The van der Waals surface area contributed by atoms with Gasteiger partial charge in [-0.15, -0.1) is 13.2 Å². The Morgan fingerprint density at radius 1 is 1.25 bits per heavy atom. The highest BCUT2D eigenvalue weighted by atomic mass is 19.4. The van der Waals surface area contributed by atoms with E-state index in [9.17, 15) is 18.3 Å². The Morgan fingerprint density at radius 3 is 2.25 bits per heavy atom. The second kappa shape index (κ2) is 5.21. The highest BCUT2D eigenvalue weighted by molar-refractivity contribution is 5.27. The van der Waals surface area contributed by atoms with E-state index < -0.39 is 12.5 Å². The average molecular weight is 234 g/mol. The Labute approximate surface area is 91.7 Å². The molecule has 0 spiro atoms. The molecule has 1 aromatic carbocycles. The van der Waals surface area contributed by atoms with Crippen LogP contribution in [0.4, 0.5) is 13.2 Å². The molecule has 0 saturated heterocycles. The summed E-state index contributed by atoms with van der Waals surface area (Å²) < 4.78 is 39.3. The molecule has 2 nitrogen and oxygen atoms in total. The highest BCUT2D eigenvalue weighted by Gasteiger charge is 2.30. The van der Waals surface area contributed by atoms with Crippen LogP contribution in [0.25, 0.3) is 0 Å². The van der Waals surface area contributed by atoms with Gasteiger partial charge < -0.3 is 9.84 Å². The SMILES string of the molecule is CCC(O)Cc1ccc(OC(F)(F)F)cc1. The van der Waals surface area contributed by atoms with Crippen molar-refractivity contribution < 1.29 is 23.0 Å². The quantitative estimate of drug-likeness (QED) is 0.867. The number of alkyl halides is 3. The summed E-state index contributed by atoms with van der Waals surface area (Å²) in [5.74, 6) is -0.248. The summed E-state index contributed by atoms with van der Waals surface area (Å²) >= 11 is 0. The fraction of sp³-hybridized carbons (Fsp3) is 0.455. The summed E-state index contributed by atoms with van der Waals surface area (Å²) in [5.41, 5.74) is 0.781. The van der Waals surface area contributed by atoms with Crippen LogP contribution >= 0.6 is 0 Å². The van der Waals surface area contributed by atoms with E-state index in [1.165, 1.54) is 24.3 Å². The minimum atomic E-state index is -4.66. The van der Waals surface area contributed by atoms with Crippen LogP contribution in [0.2, 0.25) is 0 Å². The van der Waals surface area contributed by atoms with E-state index in [4.69, 9.17) is 0 Å². The predicted octanol–water partition coefficient (Wildman–Crippen LogP) is 2.90. The Balaban J connectivity index is 2.61. The van der Waals surface area contributed by atoms with Gasteiger partial charge in [-0.2, -0.15) is 0 Å². The molecule has 1 N–H and O–H groups in total. The van der Waals surface area contributed by atoms with E-state index >= 15 is 0 Å². The molecule has 16 heavy (non-hydrogen) atoms. The highest BCUT2D eigenvalue weighted by Crippen LogP contribution is 2.23. The van der Waals surface area contributed by atoms with Gasteiger partial charge in [-0.05, 0) is 30.5 Å². The third-order valence-corrected chi connectivity index (χ3v) is 2.10. The molecule has 0 saturated carbocycles. The summed E-state index contributed by atoms with van der Waals surface area (Å²) in [7, 11) is 0. The number of hydrogen-bond donors (Lipinski definition) is 1. The minimum Gasteiger partial charge on any atom is -0.406 e. The van der Waals surface area contributed by atoms with Crippen molar-refractivity contribution >= 4 is 0 Å².